The molecule has 11 atom stereocenters. The molecule has 156 valence electrons. The van der Waals surface area contributed by atoms with Gasteiger partial charge in [-0.1, -0.05) is 27.4 Å². The Kier molecular flexibility index (Phi) is 3.45. The van der Waals surface area contributed by atoms with E-state index in [-0.39, 0.29) is 5.57 Å². The summed E-state index contributed by atoms with van der Waals surface area (Å²) in [6.45, 7) is 9.07. The van der Waals surface area contributed by atoms with E-state index >= 15 is 0 Å². The Morgan fingerprint density at radius 3 is 2.32 bits per heavy atom. The fourth-order valence-electron chi connectivity index (χ4n) is 7.95. The van der Waals surface area contributed by atoms with Crippen molar-refractivity contribution in [1.29, 1.82) is 0 Å². The van der Waals surface area contributed by atoms with Crippen LogP contribution in [0.4, 0.5) is 0 Å². The minimum Gasteiger partial charge on any atom is -0.391 e. The lowest BCUT2D eigenvalue weighted by molar-refractivity contribution is -0.473. The first-order chi connectivity index (χ1) is 12.9. The molecule has 28 heavy (non-hydrogen) atoms. The van der Waals surface area contributed by atoms with Gasteiger partial charge in [0, 0.05) is 17.3 Å². The molecule has 0 aromatic rings. The van der Waals surface area contributed by atoms with Crippen LogP contribution in [0, 0.1) is 34.0 Å². The van der Waals surface area contributed by atoms with Crippen LogP contribution in [0.15, 0.2) is 12.2 Å². The largest absolute Gasteiger partial charge is 0.391 e. The van der Waals surface area contributed by atoms with Crippen molar-refractivity contribution in [3.05, 3.63) is 12.2 Å². The number of ketones is 1. The van der Waals surface area contributed by atoms with E-state index in [0.29, 0.717) is 12.8 Å². The molecule has 2 aliphatic heterocycles. The molecule has 0 aromatic heterocycles. The summed E-state index contributed by atoms with van der Waals surface area (Å²) in [5.41, 5.74) is -3.67. The minimum absolute atomic E-state index is 0.223. The SMILES string of the molecule is C=C1C(=O)[C@]23[C@@H](O)[C@H]1CC[C@H]2[C@@]1(C)[C@@H]2[C@H](O)[C@@]3(O)OO[C@H]1[C@H](O)[C@H](O)C2(C)C. The molecule has 6 bridgehead atoms. The van der Waals surface area contributed by atoms with Gasteiger partial charge in [0.25, 0.3) is 0 Å². The fraction of sp³-hybridized carbons (Fsp3) is 0.850. The molecule has 0 unspecified atom stereocenters. The summed E-state index contributed by atoms with van der Waals surface area (Å²) in [6, 6.07) is 0. The average molecular weight is 396 g/mol. The second-order valence-corrected chi connectivity index (χ2v) is 10.2. The summed E-state index contributed by atoms with van der Waals surface area (Å²) in [4.78, 5) is 24.3. The van der Waals surface area contributed by atoms with Crippen molar-refractivity contribution in [1.82, 2.24) is 0 Å². The summed E-state index contributed by atoms with van der Waals surface area (Å²) in [5, 5.41) is 55.9. The molecule has 8 nitrogen and oxygen atoms in total. The Bertz CT molecular complexity index is 780. The third kappa shape index (κ3) is 1.55. The molecule has 6 rings (SSSR count). The summed E-state index contributed by atoms with van der Waals surface area (Å²) >= 11 is 0. The van der Waals surface area contributed by atoms with Crippen LogP contribution in [0.3, 0.4) is 0 Å². The van der Waals surface area contributed by atoms with Gasteiger partial charge in [0.05, 0.1) is 12.2 Å². The number of aliphatic hydroxyl groups is 5. The van der Waals surface area contributed by atoms with Crippen molar-refractivity contribution in [3.8, 4) is 0 Å². The smallest absolute Gasteiger partial charge is 0.241 e. The van der Waals surface area contributed by atoms with Gasteiger partial charge in [0.2, 0.25) is 5.79 Å². The van der Waals surface area contributed by atoms with Gasteiger partial charge in [-0.15, -0.1) is 0 Å². The van der Waals surface area contributed by atoms with Crippen LogP contribution in [-0.4, -0.2) is 67.6 Å². The highest BCUT2D eigenvalue weighted by Gasteiger charge is 2.87. The monoisotopic (exact) mass is 396 g/mol. The highest BCUT2D eigenvalue weighted by atomic mass is 17.2. The number of aliphatic hydroxyl groups excluding tert-OH is 4. The van der Waals surface area contributed by atoms with Gasteiger partial charge in [-0.2, -0.15) is 4.89 Å². The van der Waals surface area contributed by atoms with Crippen LogP contribution in [-0.2, 0) is 14.6 Å². The number of carbonyl (C=O) groups excluding carboxylic acids is 1. The second kappa shape index (κ2) is 5.06. The molecule has 0 amide bonds. The van der Waals surface area contributed by atoms with Gasteiger partial charge < -0.3 is 25.5 Å². The van der Waals surface area contributed by atoms with Crippen molar-refractivity contribution in [2.24, 2.45) is 34.0 Å². The summed E-state index contributed by atoms with van der Waals surface area (Å²) in [6.07, 6.45) is -5.61. The third-order valence-electron chi connectivity index (χ3n) is 9.10. The maximum Gasteiger partial charge on any atom is 0.241 e. The van der Waals surface area contributed by atoms with Crippen molar-refractivity contribution in [2.75, 3.05) is 0 Å². The second-order valence-electron chi connectivity index (χ2n) is 10.2. The molecule has 2 heterocycles. The zero-order valence-electron chi connectivity index (χ0n) is 16.2. The quantitative estimate of drug-likeness (QED) is 0.267. The molecular weight excluding hydrogens is 368 g/mol. The van der Waals surface area contributed by atoms with E-state index < -0.39 is 76.1 Å². The first kappa shape index (κ1) is 19.1. The van der Waals surface area contributed by atoms with Crippen molar-refractivity contribution >= 4 is 5.78 Å². The van der Waals surface area contributed by atoms with E-state index in [1.165, 1.54) is 0 Å². The molecule has 4 aliphatic carbocycles. The van der Waals surface area contributed by atoms with Crippen LogP contribution in [0.25, 0.3) is 0 Å². The van der Waals surface area contributed by atoms with E-state index in [1.54, 1.807) is 20.8 Å². The lowest BCUT2D eigenvalue weighted by Crippen LogP contribution is -2.80. The first-order valence-electron chi connectivity index (χ1n) is 9.92. The van der Waals surface area contributed by atoms with Crippen molar-refractivity contribution in [2.45, 2.75) is 69.9 Å². The van der Waals surface area contributed by atoms with Gasteiger partial charge in [0.15, 0.2) is 5.78 Å². The van der Waals surface area contributed by atoms with E-state index in [1.807, 2.05) is 0 Å². The molecule has 6 fully saturated rings. The zero-order chi connectivity index (χ0) is 20.6. The molecule has 5 N–H and O–H groups in total. The Labute approximate surface area is 162 Å². The summed E-state index contributed by atoms with van der Waals surface area (Å²) in [7, 11) is 0. The Balaban J connectivity index is 1.84. The summed E-state index contributed by atoms with van der Waals surface area (Å²) in [5.74, 6) is -4.94. The summed E-state index contributed by atoms with van der Waals surface area (Å²) < 4.78 is 0. The predicted octanol–water partition coefficient (Wildman–Crippen LogP) is -0.724. The van der Waals surface area contributed by atoms with Gasteiger partial charge in [-0.25, -0.2) is 4.89 Å². The molecule has 4 saturated carbocycles. The zero-order valence-corrected chi connectivity index (χ0v) is 16.2. The van der Waals surface area contributed by atoms with E-state index in [9.17, 15) is 30.3 Å². The predicted molar refractivity (Wildman–Crippen MR) is 93.1 cm³/mol. The van der Waals surface area contributed by atoms with Crippen LogP contribution in [0.2, 0.25) is 0 Å². The number of fused-ring (bicyclic) bond motifs is 2. The highest BCUT2D eigenvalue weighted by Crippen LogP contribution is 2.75. The average Bonchev–Trinajstić information content (AvgIpc) is 2.74. The Morgan fingerprint density at radius 2 is 1.68 bits per heavy atom. The molecule has 2 saturated heterocycles. The van der Waals surface area contributed by atoms with E-state index in [0.717, 1.165) is 0 Å². The minimum atomic E-state index is -2.52. The first-order valence-corrected chi connectivity index (χ1v) is 9.92. The van der Waals surface area contributed by atoms with Crippen molar-refractivity contribution in [3.63, 3.8) is 0 Å². The molecule has 6 aliphatic rings. The van der Waals surface area contributed by atoms with Gasteiger partial charge >= 0.3 is 0 Å². The number of hydrogen-bond acceptors (Lipinski definition) is 8. The van der Waals surface area contributed by atoms with E-state index in [2.05, 4.69) is 6.58 Å². The normalized spacial score (nSPS) is 61.9. The number of carbonyl (C=O) groups is 1. The Morgan fingerprint density at radius 1 is 1.04 bits per heavy atom. The lowest BCUT2D eigenvalue weighted by Gasteiger charge is -2.68. The maximum atomic E-state index is 13.4. The van der Waals surface area contributed by atoms with Crippen LogP contribution < -0.4 is 0 Å². The fourth-order valence-corrected chi connectivity index (χ4v) is 7.95. The maximum absolute atomic E-state index is 13.4. The lowest BCUT2D eigenvalue weighted by atomic mass is 9.37. The van der Waals surface area contributed by atoms with Gasteiger partial charge in [-0.3, -0.25) is 4.79 Å². The Hall–Kier alpha value is -0.870. The molecule has 8 heteroatoms. The van der Waals surface area contributed by atoms with Gasteiger partial charge in [0.1, 0.15) is 23.7 Å². The third-order valence-corrected chi connectivity index (χ3v) is 9.10. The molecule has 1 spiro atoms. The van der Waals surface area contributed by atoms with Crippen LogP contribution in [0.5, 0.6) is 0 Å². The number of Topliss-reactive ketones (excluding diaryl/α,β-unsaturated/α-hetero) is 1. The van der Waals surface area contributed by atoms with Crippen LogP contribution in [0.1, 0.15) is 33.6 Å². The molecule has 0 aromatic carbocycles. The number of hydrogen-bond donors (Lipinski definition) is 5. The van der Waals surface area contributed by atoms with Crippen LogP contribution >= 0.6 is 0 Å². The highest BCUT2D eigenvalue weighted by molar-refractivity contribution is 6.05. The molecule has 0 radical (unpaired) electrons. The van der Waals surface area contributed by atoms with E-state index in [4.69, 9.17) is 9.78 Å². The van der Waals surface area contributed by atoms with Gasteiger partial charge in [-0.05, 0) is 29.7 Å². The van der Waals surface area contributed by atoms with Crippen molar-refractivity contribution < 1.29 is 40.1 Å². The number of rotatable bonds is 0. The molecular formula is C20H28O8. The topological polar surface area (TPSA) is 137 Å². The standard InChI is InChI=1S/C20H28O8/c1-7-8-5-6-9-18(4)11-15(25)20(26,19(9,12(7)22)13(8)23)28-27-16(18)10(21)14(24)17(11,2)3/h8-11,13-16,21,23-26H,1,5-6H2,2-4H3/t8-,9-,10+,11+,13-,14-,15-,16-,18-,19-,20+/m0/s1.